The van der Waals surface area contributed by atoms with Crippen molar-refractivity contribution in [3.05, 3.63) is 95.6 Å². The Balaban J connectivity index is 1.80. The number of unbranched alkanes of at least 4 members (excludes halogenated alkanes) is 1. The Labute approximate surface area is 154 Å². The van der Waals surface area contributed by atoms with Gasteiger partial charge in [0.05, 0.1) is 17.8 Å². The van der Waals surface area contributed by atoms with Crippen molar-refractivity contribution >= 4 is 5.71 Å². The molecule has 2 nitrogen and oxygen atoms in total. The molecule has 0 N–H and O–H groups in total. The maximum Gasteiger partial charge on any atom is 0.0757 e. The maximum atomic E-state index is 8.91. The fourth-order valence-corrected chi connectivity index (χ4v) is 3.64. The van der Waals surface area contributed by atoms with E-state index in [1.165, 1.54) is 27.8 Å². The van der Waals surface area contributed by atoms with E-state index in [0.29, 0.717) is 6.42 Å². The van der Waals surface area contributed by atoms with Crippen molar-refractivity contribution in [3.8, 4) is 17.2 Å². The quantitative estimate of drug-likeness (QED) is 0.415. The Hall–Kier alpha value is -3.18. The van der Waals surface area contributed by atoms with Crippen molar-refractivity contribution in [2.75, 3.05) is 0 Å². The van der Waals surface area contributed by atoms with Crippen molar-refractivity contribution in [1.29, 1.82) is 5.26 Å². The molecule has 2 heteroatoms. The van der Waals surface area contributed by atoms with E-state index in [0.717, 1.165) is 18.6 Å². The number of benzene rings is 3. The summed E-state index contributed by atoms with van der Waals surface area (Å²) >= 11 is 0. The SMILES string of the molecule is N#CCCCC(N=C1c2ccccc2-c2ccccc21)c1ccccc1. The molecule has 0 radical (unpaired) electrons. The molecule has 4 rings (SSSR count). The third kappa shape index (κ3) is 3.05. The summed E-state index contributed by atoms with van der Waals surface area (Å²) in [5.74, 6) is 0. The predicted octanol–water partition coefficient (Wildman–Crippen LogP) is 5.94. The summed E-state index contributed by atoms with van der Waals surface area (Å²) in [6, 6.07) is 29.7. The minimum Gasteiger partial charge on any atom is -0.276 e. The fourth-order valence-electron chi connectivity index (χ4n) is 3.64. The van der Waals surface area contributed by atoms with Gasteiger partial charge in [-0.1, -0.05) is 78.9 Å². The van der Waals surface area contributed by atoms with Gasteiger partial charge in [0.1, 0.15) is 0 Å². The number of nitrogens with zero attached hydrogens (tertiary/aromatic N) is 2. The molecule has 0 fully saturated rings. The molecule has 1 aliphatic rings. The van der Waals surface area contributed by atoms with Gasteiger partial charge in [-0.15, -0.1) is 0 Å². The molecule has 0 amide bonds. The average Bonchev–Trinajstić information content (AvgIpc) is 3.02. The first-order chi connectivity index (χ1) is 12.9. The molecular formula is C24H20N2. The van der Waals surface area contributed by atoms with Crippen LogP contribution in [0.3, 0.4) is 0 Å². The molecular weight excluding hydrogens is 316 g/mol. The molecule has 3 aromatic rings. The van der Waals surface area contributed by atoms with Crippen molar-refractivity contribution in [2.45, 2.75) is 25.3 Å². The van der Waals surface area contributed by atoms with E-state index in [4.69, 9.17) is 10.3 Å². The molecule has 0 saturated heterocycles. The second kappa shape index (κ2) is 7.37. The van der Waals surface area contributed by atoms with Crippen LogP contribution in [0, 0.1) is 11.3 Å². The third-order valence-electron chi connectivity index (χ3n) is 4.89. The van der Waals surface area contributed by atoms with Crippen molar-refractivity contribution < 1.29 is 0 Å². The normalized spacial score (nSPS) is 12.8. The second-order valence-corrected chi connectivity index (χ2v) is 6.55. The lowest BCUT2D eigenvalue weighted by Crippen LogP contribution is -2.04. The lowest BCUT2D eigenvalue weighted by Gasteiger charge is -2.14. The van der Waals surface area contributed by atoms with Gasteiger partial charge >= 0.3 is 0 Å². The van der Waals surface area contributed by atoms with Crippen LogP contribution in [0.25, 0.3) is 11.1 Å². The first-order valence-electron chi connectivity index (χ1n) is 9.07. The minimum atomic E-state index is 0.0683. The maximum absolute atomic E-state index is 8.91. The van der Waals surface area contributed by atoms with Gasteiger partial charge < -0.3 is 0 Å². The van der Waals surface area contributed by atoms with Crippen molar-refractivity contribution in [2.24, 2.45) is 4.99 Å². The number of hydrogen-bond donors (Lipinski definition) is 0. The molecule has 126 valence electrons. The molecule has 0 aromatic heterocycles. The fraction of sp³-hybridized carbons (Fsp3) is 0.167. The molecule has 0 spiro atoms. The number of nitriles is 1. The van der Waals surface area contributed by atoms with Gasteiger partial charge in [-0.05, 0) is 29.5 Å². The topological polar surface area (TPSA) is 36.1 Å². The van der Waals surface area contributed by atoms with E-state index < -0.39 is 0 Å². The summed E-state index contributed by atoms with van der Waals surface area (Å²) in [4.78, 5) is 5.21. The van der Waals surface area contributed by atoms with Crippen LogP contribution in [0.4, 0.5) is 0 Å². The summed E-state index contributed by atoms with van der Waals surface area (Å²) < 4.78 is 0. The highest BCUT2D eigenvalue weighted by atomic mass is 14.8. The summed E-state index contributed by atoms with van der Waals surface area (Å²) in [5.41, 5.74) is 7.20. The van der Waals surface area contributed by atoms with Gasteiger partial charge in [-0.25, -0.2) is 0 Å². The lowest BCUT2D eigenvalue weighted by molar-refractivity contribution is 0.622. The highest BCUT2D eigenvalue weighted by Gasteiger charge is 2.25. The Morgan fingerprint density at radius 2 is 1.27 bits per heavy atom. The highest BCUT2D eigenvalue weighted by molar-refractivity contribution is 6.24. The molecule has 3 aromatic carbocycles. The van der Waals surface area contributed by atoms with Gasteiger partial charge in [0, 0.05) is 17.5 Å². The van der Waals surface area contributed by atoms with E-state index in [-0.39, 0.29) is 6.04 Å². The molecule has 26 heavy (non-hydrogen) atoms. The monoisotopic (exact) mass is 336 g/mol. The summed E-state index contributed by atoms with van der Waals surface area (Å²) in [6.07, 6.45) is 2.31. The highest BCUT2D eigenvalue weighted by Crippen LogP contribution is 2.38. The van der Waals surface area contributed by atoms with Crippen LogP contribution in [-0.2, 0) is 0 Å². The second-order valence-electron chi connectivity index (χ2n) is 6.55. The van der Waals surface area contributed by atoms with Crippen LogP contribution >= 0.6 is 0 Å². The molecule has 0 heterocycles. The lowest BCUT2D eigenvalue weighted by atomic mass is 10.0. The first kappa shape index (κ1) is 16.3. The van der Waals surface area contributed by atoms with E-state index in [9.17, 15) is 0 Å². The summed E-state index contributed by atoms with van der Waals surface area (Å²) in [6.45, 7) is 0. The number of fused-ring (bicyclic) bond motifs is 3. The zero-order chi connectivity index (χ0) is 17.8. The molecule has 0 aliphatic heterocycles. The van der Waals surface area contributed by atoms with Gasteiger partial charge in [0.2, 0.25) is 0 Å². The summed E-state index contributed by atoms with van der Waals surface area (Å²) in [5, 5.41) is 8.91. The average molecular weight is 336 g/mol. The van der Waals surface area contributed by atoms with Crippen LogP contribution in [0.2, 0.25) is 0 Å². The first-order valence-corrected chi connectivity index (χ1v) is 9.07. The number of hydrogen-bond acceptors (Lipinski definition) is 2. The molecule has 0 bridgehead atoms. The van der Waals surface area contributed by atoms with Crippen LogP contribution in [0.15, 0.2) is 83.9 Å². The standard InChI is InChI=1S/C24H20N2/c25-17-9-8-16-23(18-10-2-1-3-11-18)26-24-21-14-6-4-12-19(21)20-13-5-7-15-22(20)24/h1-7,10-15,23H,8-9,16H2. The number of rotatable bonds is 5. The van der Waals surface area contributed by atoms with E-state index in [2.05, 4.69) is 78.9 Å². The smallest absolute Gasteiger partial charge is 0.0757 e. The predicted molar refractivity (Wildman–Crippen MR) is 106 cm³/mol. The summed E-state index contributed by atoms with van der Waals surface area (Å²) in [7, 11) is 0. The van der Waals surface area contributed by atoms with Crippen LogP contribution < -0.4 is 0 Å². The van der Waals surface area contributed by atoms with E-state index in [1.807, 2.05) is 6.07 Å². The largest absolute Gasteiger partial charge is 0.276 e. The molecule has 1 aliphatic carbocycles. The zero-order valence-electron chi connectivity index (χ0n) is 14.6. The van der Waals surface area contributed by atoms with Gasteiger partial charge in [0.25, 0.3) is 0 Å². The van der Waals surface area contributed by atoms with Crippen LogP contribution in [-0.4, -0.2) is 5.71 Å². The third-order valence-corrected chi connectivity index (χ3v) is 4.89. The van der Waals surface area contributed by atoms with Crippen molar-refractivity contribution in [1.82, 2.24) is 0 Å². The van der Waals surface area contributed by atoms with Crippen LogP contribution in [0.1, 0.15) is 42.0 Å². The van der Waals surface area contributed by atoms with Gasteiger partial charge in [-0.2, -0.15) is 5.26 Å². The van der Waals surface area contributed by atoms with E-state index >= 15 is 0 Å². The Kier molecular flexibility index (Phi) is 4.62. The minimum absolute atomic E-state index is 0.0683. The van der Waals surface area contributed by atoms with Gasteiger partial charge in [0.15, 0.2) is 0 Å². The Bertz CT molecular complexity index is 933. The number of aliphatic imine (C=N–C) groups is 1. The van der Waals surface area contributed by atoms with Gasteiger partial charge in [-0.3, -0.25) is 4.99 Å². The van der Waals surface area contributed by atoms with Crippen molar-refractivity contribution in [3.63, 3.8) is 0 Å². The zero-order valence-corrected chi connectivity index (χ0v) is 14.6. The van der Waals surface area contributed by atoms with E-state index in [1.54, 1.807) is 0 Å². The van der Waals surface area contributed by atoms with Crippen LogP contribution in [0.5, 0.6) is 0 Å². The Morgan fingerprint density at radius 1 is 0.731 bits per heavy atom. The Morgan fingerprint density at radius 3 is 1.85 bits per heavy atom. The molecule has 1 unspecified atom stereocenters. The molecule has 1 atom stereocenters. The molecule has 0 saturated carbocycles.